The molecule has 0 saturated carbocycles. The van der Waals surface area contributed by atoms with E-state index >= 15 is 0 Å². The Hall–Kier alpha value is -1.49. The number of esters is 1. The van der Waals surface area contributed by atoms with Gasteiger partial charge >= 0.3 is 5.97 Å². The summed E-state index contributed by atoms with van der Waals surface area (Å²) in [6.07, 6.45) is 0. The van der Waals surface area contributed by atoms with E-state index in [0.29, 0.717) is 24.2 Å². The Balaban J connectivity index is 2.09. The standard InChI is InChI=1S/C17H23BrN2O6S/c1-12(2)10-19-16(21)11-26-17(22)13-3-4-14(18)15(9-13)27(23,24)20-5-7-25-8-6-20/h3-4,9,12H,5-8,10-11H2,1-2H3,(H,19,21). The van der Waals surface area contributed by atoms with Crippen molar-refractivity contribution in [2.45, 2.75) is 18.7 Å². The van der Waals surface area contributed by atoms with Crippen LogP contribution in [-0.2, 0) is 24.3 Å². The normalized spacial score (nSPS) is 15.6. The summed E-state index contributed by atoms with van der Waals surface area (Å²) >= 11 is 3.22. The number of nitrogens with one attached hydrogen (secondary N) is 1. The molecule has 0 spiro atoms. The van der Waals surface area contributed by atoms with Crippen molar-refractivity contribution in [1.82, 2.24) is 9.62 Å². The highest BCUT2D eigenvalue weighted by molar-refractivity contribution is 9.10. The first-order chi connectivity index (χ1) is 12.7. The van der Waals surface area contributed by atoms with Crippen molar-refractivity contribution in [2.24, 2.45) is 5.92 Å². The molecule has 1 aromatic rings. The van der Waals surface area contributed by atoms with Gasteiger partial charge < -0.3 is 14.8 Å². The second-order valence-corrected chi connectivity index (χ2v) is 9.20. The summed E-state index contributed by atoms with van der Waals surface area (Å²) in [6.45, 7) is 5.10. The van der Waals surface area contributed by atoms with Crippen molar-refractivity contribution in [2.75, 3.05) is 39.5 Å². The number of rotatable bonds is 7. The van der Waals surface area contributed by atoms with E-state index in [4.69, 9.17) is 9.47 Å². The maximum Gasteiger partial charge on any atom is 0.338 e. The van der Waals surface area contributed by atoms with Crippen molar-refractivity contribution < 1.29 is 27.5 Å². The lowest BCUT2D eigenvalue weighted by Crippen LogP contribution is -2.40. The van der Waals surface area contributed by atoms with Crippen LogP contribution in [0.1, 0.15) is 24.2 Å². The number of carbonyl (C=O) groups is 2. The van der Waals surface area contributed by atoms with Gasteiger partial charge in [0.1, 0.15) is 0 Å². The molecule has 1 fully saturated rings. The van der Waals surface area contributed by atoms with Gasteiger partial charge in [0.25, 0.3) is 5.91 Å². The number of hydrogen-bond donors (Lipinski definition) is 1. The van der Waals surface area contributed by atoms with E-state index in [1.807, 2.05) is 13.8 Å². The average Bonchev–Trinajstić information content (AvgIpc) is 2.65. The largest absolute Gasteiger partial charge is 0.452 e. The fourth-order valence-corrected chi connectivity index (χ4v) is 4.70. The van der Waals surface area contributed by atoms with Crippen molar-refractivity contribution in [3.8, 4) is 0 Å². The number of ether oxygens (including phenoxy) is 2. The van der Waals surface area contributed by atoms with Crippen LogP contribution in [0.25, 0.3) is 0 Å². The van der Waals surface area contributed by atoms with Gasteiger partial charge in [-0.3, -0.25) is 4.79 Å². The number of sulfonamides is 1. The molecule has 150 valence electrons. The number of carbonyl (C=O) groups excluding carboxylic acids is 2. The van der Waals surface area contributed by atoms with E-state index in [1.54, 1.807) is 0 Å². The first-order valence-corrected chi connectivity index (χ1v) is 10.8. The quantitative estimate of drug-likeness (QED) is 0.614. The van der Waals surface area contributed by atoms with Crippen LogP contribution in [-0.4, -0.2) is 64.1 Å². The summed E-state index contributed by atoms with van der Waals surface area (Å²) in [4.78, 5) is 23.8. The molecule has 2 rings (SSSR count). The molecule has 1 saturated heterocycles. The molecule has 0 radical (unpaired) electrons. The average molecular weight is 463 g/mol. The van der Waals surface area contributed by atoms with E-state index in [0.717, 1.165) is 0 Å². The smallest absolute Gasteiger partial charge is 0.338 e. The van der Waals surface area contributed by atoms with E-state index < -0.39 is 28.5 Å². The van der Waals surface area contributed by atoms with Gasteiger partial charge in [0.2, 0.25) is 10.0 Å². The zero-order chi connectivity index (χ0) is 20.0. The van der Waals surface area contributed by atoms with Gasteiger partial charge in [0.15, 0.2) is 6.61 Å². The van der Waals surface area contributed by atoms with E-state index in [9.17, 15) is 18.0 Å². The third-order valence-corrected chi connectivity index (χ3v) is 6.69. The SMILES string of the molecule is CC(C)CNC(=O)COC(=O)c1ccc(Br)c(S(=O)(=O)N2CCOCC2)c1. The third kappa shape index (κ3) is 6.00. The Morgan fingerprint density at radius 2 is 1.96 bits per heavy atom. The van der Waals surface area contributed by atoms with Crippen LogP contribution in [0.3, 0.4) is 0 Å². The predicted octanol–water partition coefficient (Wildman–Crippen LogP) is 1.40. The van der Waals surface area contributed by atoms with Gasteiger partial charge in [-0.05, 0) is 40.0 Å². The lowest BCUT2D eigenvalue weighted by molar-refractivity contribution is -0.124. The van der Waals surface area contributed by atoms with E-state index in [-0.39, 0.29) is 29.5 Å². The molecule has 1 heterocycles. The Morgan fingerprint density at radius 1 is 1.30 bits per heavy atom. The maximum absolute atomic E-state index is 12.8. The van der Waals surface area contributed by atoms with Crippen LogP contribution >= 0.6 is 15.9 Å². The molecule has 1 aliphatic heterocycles. The van der Waals surface area contributed by atoms with Crippen LogP contribution in [0.4, 0.5) is 0 Å². The molecule has 0 atom stereocenters. The molecule has 0 aliphatic carbocycles. The molecule has 1 aromatic carbocycles. The Labute approximate surface area is 167 Å². The minimum atomic E-state index is -3.78. The number of hydrogen-bond acceptors (Lipinski definition) is 6. The molecule has 8 nitrogen and oxygen atoms in total. The van der Waals surface area contributed by atoms with E-state index in [2.05, 4.69) is 21.2 Å². The molecule has 10 heteroatoms. The molecular formula is C17H23BrN2O6S. The number of amides is 1. The molecule has 1 aliphatic rings. The highest BCUT2D eigenvalue weighted by atomic mass is 79.9. The van der Waals surface area contributed by atoms with Gasteiger partial charge in [-0.1, -0.05) is 13.8 Å². The molecule has 0 bridgehead atoms. The fraction of sp³-hybridized carbons (Fsp3) is 0.529. The first-order valence-electron chi connectivity index (χ1n) is 8.53. The fourth-order valence-electron chi connectivity index (χ4n) is 2.34. The number of benzene rings is 1. The third-order valence-electron chi connectivity index (χ3n) is 3.80. The Morgan fingerprint density at radius 3 is 2.59 bits per heavy atom. The molecule has 27 heavy (non-hydrogen) atoms. The summed E-state index contributed by atoms with van der Waals surface area (Å²) in [5.41, 5.74) is 0.0571. The predicted molar refractivity (Wildman–Crippen MR) is 102 cm³/mol. The minimum absolute atomic E-state index is 0.0249. The highest BCUT2D eigenvalue weighted by Crippen LogP contribution is 2.27. The second kappa shape index (κ2) is 9.63. The van der Waals surface area contributed by atoms with Crippen LogP contribution in [0, 0.1) is 5.92 Å². The molecular weight excluding hydrogens is 440 g/mol. The summed E-state index contributed by atoms with van der Waals surface area (Å²) in [5, 5.41) is 2.64. The highest BCUT2D eigenvalue weighted by Gasteiger charge is 2.29. The van der Waals surface area contributed by atoms with E-state index in [1.165, 1.54) is 22.5 Å². The van der Waals surface area contributed by atoms with Crippen molar-refractivity contribution in [1.29, 1.82) is 0 Å². The van der Waals surface area contributed by atoms with Gasteiger partial charge in [0.05, 0.1) is 23.7 Å². The van der Waals surface area contributed by atoms with Gasteiger partial charge in [-0.2, -0.15) is 4.31 Å². The number of morpholine rings is 1. The summed E-state index contributed by atoms with van der Waals surface area (Å²) in [5.74, 6) is -0.889. The minimum Gasteiger partial charge on any atom is -0.452 e. The summed E-state index contributed by atoms with van der Waals surface area (Å²) in [6, 6.07) is 4.17. The van der Waals surface area contributed by atoms with Crippen LogP contribution in [0.2, 0.25) is 0 Å². The van der Waals surface area contributed by atoms with Crippen molar-refractivity contribution >= 4 is 37.8 Å². The van der Waals surface area contributed by atoms with Crippen molar-refractivity contribution in [3.05, 3.63) is 28.2 Å². The van der Waals surface area contributed by atoms with Crippen LogP contribution in [0.15, 0.2) is 27.6 Å². The van der Waals surface area contributed by atoms with Gasteiger partial charge in [0, 0.05) is 24.1 Å². The van der Waals surface area contributed by atoms with Gasteiger partial charge in [-0.25, -0.2) is 13.2 Å². The maximum atomic E-state index is 12.8. The molecule has 0 aromatic heterocycles. The second-order valence-electron chi connectivity index (χ2n) is 6.44. The van der Waals surface area contributed by atoms with Crippen LogP contribution < -0.4 is 5.32 Å². The zero-order valence-corrected chi connectivity index (χ0v) is 17.6. The topological polar surface area (TPSA) is 102 Å². The first kappa shape index (κ1) is 21.8. The Bertz CT molecular complexity index is 791. The zero-order valence-electron chi connectivity index (χ0n) is 15.2. The summed E-state index contributed by atoms with van der Waals surface area (Å²) in [7, 11) is -3.78. The monoisotopic (exact) mass is 462 g/mol. The van der Waals surface area contributed by atoms with Crippen molar-refractivity contribution in [3.63, 3.8) is 0 Å². The van der Waals surface area contributed by atoms with Gasteiger partial charge in [-0.15, -0.1) is 0 Å². The number of nitrogens with zero attached hydrogens (tertiary/aromatic N) is 1. The molecule has 1 N–H and O–H groups in total. The lowest BCUT2D eigenvalue weighted by Gasteiger charge is -2.26. The Kier molecular flexibility index (Phi) is 7.78. The molecule has 1 amide bonds. The lowest BCUT2D eigenvalue weighted by atomic mass is 10.2. The molecule has 0 unspecified atom stereocenters. The van der Waals surface area contributed by atoms with Crippen LogP contribution in [0.5, 0.6) is 0 Å². The number of halogens is 1. The summed E-state index contributed by atoms with van der Waals surface area (Å²) < 4.78 is 37.5.